The minimum atomic E-state index is 0.438. The molecule has 5 heteroatoms. The summed E-state index contributed by atoms with van der Waals surface area (Å²) in [6.07, 6.45) is 8.34. The topological polar surface area (TPSA) is 46.0 Å². The van der Waals surface area contributed by atoms with Gasteiger partial charge in [0, 0.05) is 0 Å². The van der Waals surface area contributed by atoms with Gasteiger partial charge in [0.1, 0.15) is 6.33 Å². The second kappa shape index (κ2) is 3.63. The molecule has 2 bridgehead atoms. The van der Waals surface area contributed by atoms with E-state index in [1.807, 2.05) is 6.21 Å². The predicted octanol–water partition coefficient (Wildman–Crippen LogP) is 2.77. The number of allylic oxidation sites excluding steroid dienone is 2. The number of nitrogens with zero attached hydrogens (tertiary/aromatic N) is 3. The van der Waals surface area contributed by atoms with E-state index in [0.717, 1.165) is 5.92 Å². The molecule has 1 aromatic heterocycles. The molecule has 0 amide bonds. The summed E-state index contributed by atoms with van der Waals surface area (Å²) < 4.78 is 2.12. The minimum absolute atomic E-state index is 0.438. The maximum absolute atomic E-state index is 5.05. The second-order valence-corrected chi connectivity index (χ2v) is 5.88. The highest BCUT2D eigenvalue weighted by Gasteiger charge is 2.50. The predicted molar refractivity (Wildman–Crippen MR) is 69.4 cm³/mol. The van der Waals surface area contributed by atoms with E-state index in [1.54, 1.807) is 11.0 Å². The molecule has 3 aliphatic carbocycles. The Morgan fingerprint density at radius 1 is 1.65 bits per heavy atom. The molecule has 1 saturated carbocycles. The van der Waals surface area contributed by atoms with Gasteiger partial charge in [-0.2, -0.15) is 14.9 Å². The first-order valence-electron chi connectivity index (χ1n) is 5.95. The molecule has 90 valence electrons. The molecular weight excluding hydrogens is 232 g/mol. The zero-order valence-corrected chi connectivity index (χ0v) is 10.9. The molecule has 0 spiro atoms. The summed E-state index contributed by atoms with van der Waals surface area (Å²) in [7, 11) is 0. The lowest BCUT2D eigenvalue weighted by Gasteiger charge is -2.55. The third-order valence-electron chi connectivity index (χ3n) is 4.38. The van der Waals surface area contributed by atoms with Crippen LogP contribution >= 0.6 is 12.2 Å². The number of hydrogen-bond acceptors (Lipinski definition) is 3. The minimum Gasteiger partial charge on any atom is -0.250 e. The van der Waals surface area contributed by atoms with E-state index in [0.29, 0.717) is 16.1 Å². The summed E-state index contributed by atoms with van der Waals surface area (Å²) in [6, 6.07) is 0. The van der Waals surface area contributed by atoms with Gasteiger partial charge in [-0.05, 0) is 47.9 Å². The van der Waals surface area contributed by atoms with Crippen molar-refractivity contribution in [2.75, 3.05) is 0 Å². The molecule has 4 nitrogen and oxygen atoms in total. The number of hydrogen-bond donors (Lipinski definition) is 1. The van der Waals surface area contributed by atoms with Crippen LogP contribution in [0.3, 0.4) is 0 Å². The average Bonchev–Trinajstić information content (AvgIpc) is 2.72. The largest absolute Gasteiger partial charge is 0.250 e. The molecule has 2 atom stereocenters. The molecule has 2 unspecified atom stereocenters. The number of rotatable bonds is 2. The maximum atomic E-state index is 5.05. The van der Waals surface area contributed by atoms with Crippen molar-refractivity contribution in [3.8, 4) is 0 Å². The zero-order chi connectivity index (χ0) is 12.0. The summed E-state index contributed by atoms with van der Waals surface area (Å²) in [5, 5.41) is 10.9. The van der Waals surface area contributed by atoms with Crippen LogP contribution in [0.1, 0.15) is 26.7 Å². The highest BCUT2D eigenvalue weighted by molar-refractivity contribution is 7.71. The molecule has 0 aromatic carbocycles. The van der Waals surface area contributed by atoms with Crippen molar-refractivity contribution >= 4 is 18.4 Å². The Bertz CT molecular complexity index is 549. The van der Waals surface area contributed by atoms with Crippen LogP contribution in [-0.2, 0) is 0 Å². The summed E-state index contributed by atoms with van der Waals surface area (Å²) in [4.78, 5) is 0. The van der Waals surface area contributed by atoms with Gasteiger partial charge >= 0.3 is 0 Å². The van der Waals surface area contributed by atoms with E-state index in [4.69, 9.17) is 12.2 Å². The quantitative estimate of drug-likeness (QED) is 0.646. The van der Waals surface area contributed by atoms with E-state index < -0.39 is 0 Å². The number of nitrogens with one attached hydrogen (secondary N) is 1. The molecule has 0 saturated heterocycles. The SMILES string of the molecule is CC1(C)C2CC=C(/C=N/n3cn[nH]c3=S)C1C2. The molecule has 1 heterocycles. The Morgan fingerprint density at radius 2 is 2.47 bits per heavy atom. The van der Waals surface area contributed by atoms with Gasteiger partial charge in [-0.25, -0.2) is 0 Å². The summed E-state index contributed by atoms with van der Waals surface area (Å²) >= 11 is 5.05. The molecule has 4 rings (SSSR count). The number of fused-ring (bicyclic) bond motifs is 1. The number of aromatic amines is 1. The fraction of sp³-hybridized carbons (Fsp3) is 0.583. The third kappa shape index (κ3) is 1.60. The van der Waals surface area contributed by atoms with Crippen molar-refractivity contribution in [3.05, 3.63) is 22.7 Å². The van der Waals surface area contributed by atoms with Crippen LogP contribution in [0, 0.1) is 22.0 Å². The number of H-pyrrole nitrogens is 1. The first-order valence-corrected chi connectivity index (χ1v) is 6.36. The molecular formula is C12H16N4S. The van der Waals surface area contributed by atoms with Crippen molar-refractivity contribution in [2.45, 2.75) is 26.7 Å². The van der Waals surface area contributed by atoms with Gasteiger partial charge < -0.3 is 0 Å². The number of aromatic nitrogens is 3. The monoisotopic (exact) mass is 248 g/mol. The Labute approximate surface area is 105 Å². The fourth-order valence-corrected chi connectivity index (χ4v) is 3.15. The second-order valence-electron chi connectivity index (χ2n) is 5.50. The van der Waals surface area contributed by atoms with Gasteiger partial charge in [0.15, 0.2) is 0 Å². The molecule has 1 N–H and O–H groups in total. The lowest BCUT2D eigenvalue weighted by molar-refractivity contribution is -0.00126. The van der Waals surface area contributed by atoms with Crippen molar-refractivity contribution in [2.24, 2.45) is 22.4 Å². The van der Waals surface area contributed by atoms with Gasteiger partial charge in [0.25, 0.3) is 0 Å². The Kier molecular flexibility index (Phi) is 2.33. The van der Waals surface area contributed by atoms with Gasteiger partial charge in [0.2, 0.25) is 4.77 Å². The van der Waals surface area contributed by atoms with Crippen molar-refractivity contribution in [3.63, 3.8) is 0 Å². The fourth-order valence-electron chi connectivity index (χ4n) is 3.00. The Hall–Kier alpha value is -1.23. The lowest BCUT2D eigenvalue weighted by Crippen LogP contribution is -2.48. The molecule has 3 aliphatic rings. The van der Waals surface area contributed by atoms with E-state index in [2.05, 4.69) is 35.2 Å². The first-order chi connectivity index (χ1) is 8.09. The van der Waals surface area contributed by atoms with E-state index >= 15 is 0 Å². The average molecular weight is 248 g/mol. The Morgan fingerprint density at radius 3 is 3.06 bits per heavy atom. The van der Waals surface area contributed by atoms with Crippen LogP contribution in [0.4, 0.5) is 0 Å². The lowest BCUT2D eigenvalue weighted by atomic mass is 9.49. The molecule has 1 aromatic rings. The standard InChI is InChI=1S/C12H16N4S/c1-12(2)9-4-3-8(10(12)5-9)6-14-16-7-13-15-11(16)17/h3,6-7,9-10H,4-5H2,1-2H3,(H,15,17)/b14-6+. The van der Waals surface area contributed by atoms with Crippen LogP contribution in [0.25, 0.3) is 0 Å². The molecule has 1 fully saturated rings. The van der Waals surface area contributed by atoms with Crippen LogP contribution in [0.2, 0.25) is 0 Å². The van der Waals surface area contributed by atoms with Gasteiger partial charge in [-0.15, -0.1) is 0 Å². The van der Waals surface area contributed by atoms with Crippen LogP contribution in [0.15, 0.2) is 23.1 Å². The van der Waals surface area contributed by atoms with Crippen LogP contribution < -0.4 is 0 Å². The van der Waals surface area contributed by atoms with Crippen LogP contribution in [-0.4, -0.2) is 21.1 Å². The first kappa shape index (κ1) is 10.9. The van der Waals surface area contributed by atoms with Crippen molar-refractivity contribution < 1.29 is 0 Å². The van der Waals surface area contributed by atoms with E-state index in [-0.39, 0.29) is 0 Å². The highest BCUT2D eigenvalue weighted by atomic mass is 32.1. The van der Waals surface area contributed by atoms with Crippen molar-refractivity contribution in [1.82, 2.24) is 14.9 Å². The van der Waals surface area contributed by atoms with Gasteiger partial charge in [-0.1, -0.05) is 19.9 Å². The third-order valence-corrected chi connectivity index (χ3v) is 4.66. The van der Waals surface area contributed by atoms with E-state index in [1.165, 1.54) is 18.4 Å². The van der Waals surface area contributed by atoms with Gasteiger partial charge in [0.05, 0.1) is 6.21 Å². The Balaban J connectivity index is 1.83. The summed E-state index contributed by atoms with van der Waals surface area (Å²) in [5.41, 5.74) is 1.79. The normalized spacial score (nSPS) is 30.1. The zero-order valence-electron chi connectivity index (χ0n) is 10.1. The van der Waals surface area contributed by atoms with Gasteiger partial charge in [-0.3, -0.25) is 5.10 Å². The maximum Gasteiger partial charge on any atom is 0.216 e. The smallest absolute Gasteiger partial charge is 0.216 e. The van der Waals surface area contributed by atoms with E-state index in [9.17, 15) is 0 Å². The summed E-state index contributed by atoms with van der Waals surface area (Å²) in [6.45, 7) is 4.71. The van der Waals surface area contributed by atoms with Crippen molar-refractivity contribution in [1.29, 1.82) is 0 Å². The molecule has 0 aliphatic heterocycles. The van der Waals surface area contributed by atoms with Crippen LogP contribution in [0.5, 0.6) is 0 Å². The summed E-state index contributed by atoms with van der Waals surface area (Å²) in [5.74, 6) is 1.52. The molecule has 17 heavy (non-hydrogen) atoms. The molecule has 0 radical (unpaired) electrons. The highest BCUT2D eigenvalue weighted by Crippen LogP contribution is 2.58.